The predicted molar refractivity (Wildman–Crippen MR) is 224 cm³/mol. The van der Waals surface area contributed by atoms with Gasteiger partial charge in [0.15, 0.2) is 5.75 Å². The van der Waals surface area contributed by atoms with Crippen LogP contribution in [0.2, 0.25) is 0 Å². The summed E-state index contributed by atoms with van der Waals surface area (Å²) in [7, 11) is 0. The monoisotopic (exact) mass is 685 g/mol. The van der Waals surface area contributed by atoms with Gasteiger partial charge in [-0.05, 0) is 100 Å². The van der Waals surface area contributed by atoms with Gasteiger partial charge in [-0.2, -0.15) is 0 Å². The fourth-order valence-corrected chi connectivity index (χ4v) is 9.43. The van der Waals surface area contributed by atoms with Gasteiger partial charge in [0.1, 0.15) is 5.75 Å². The minimum Gasteiger partial charge on any atom is -0.449 e. The molecule has 4 aliphatic heterocycles. The van der Waals surface area contributed by atoms with Crippen molar-refractivity contribution in [1.29, 1.82) is 0 Å². The number of anilines is 9. The molecule has 6 heteroatoms. The van der Waals surface area contributed by atoms with E-state index in [4.69, 9.17) is 4.74 Å². The van der Waals surface area contributed by atoms with Gasteiger partial charge in [-0.25, -0.2) is 0 Å². The first-order chi connectivity index (χ1) is 26.8. The Bertz CT molecular complexity index is 2790. The van der Waals surface area contributed by atoms with Crippen molar-refractivity contribution < 1.29 is 4.74 Å². The highest BCUT2D eigenvalue weighted by Crippen LogP contribution is 2.46. The van der Waals surface area contributed by atoms with E-state index in [0.29, 0.717) is 0 Å². The second-order valence-electron chi connectivity index (χ2n) is 14.3. The van der Waals surface area contributed by atoms with Crippen LogP contribution in [-0.4, -0.2) is 13.4 Å². The van der Waals surface area contributed by atoms with Crippen LogP contribution >= 0.6 is 0 Å². The van der Waals surface area contributed by atoms with E-state index in [1.165, 1.54) is 44.6 Å². The van der Waals surface area contributed by atoms with Crippen molar-refractivity contribution >= 4 is 97.4 Å². The number of rotatable bonds is 3. The molecule has 12 rings (SSSR count). The third kappa shape index (κ3) is 4.01. The van der Waals surface area contributed by atoms with Crippen LogP contribution < -0.4 is 52.2 Å². The Kier molecular flexibility index (Phi) is 6.12. The highest BCUT2D eigenvalue weighted by molar-refractivity contribution is 7.02. The third-order valence-electron chi connectivity index (χ3n) is 11.5. The molecule has 0 N–H and O–H groups in total. The molecule has 8 aromatic rings. The Morgan fingerprint density at radius 1 is 0.389 bits per heavy atom. The normalized spacial score (nSPS) is 13.7. The van der Waals surface area contributed by atoms with E-state index in [9.17, 15) is 0 Å². The Morgan fingerprint density at radius 2 is 0.889 bits per heavy atom. The minimum atomic E-state index is -0.0486. The molecule has 4 aliphatic rings. The van der Waals surface area contributed by atoms with Crippen molar-refractivity contribution in [2.24, 2.45) is 0 Å². The van der Waals surface area contributed by atoms with E-state index >= 15 is 0 Å². The van der Waals surface area contributed by atoms with Crippen molar-refractivity contribution in [3.05, 3.63) is 188 Å². The van der Waals surface area contributed by atoms with E-state index in [0.717, 1.165) is 50.9 Å². The van der Waals surface area contributed by atoms with E-state index in [2.05, 4.69) is 203 Å². The van der Waals surface area contributed by atoms with Crippen molar-refractivity contribution in [3.8, 4) is 11.5 Å². The second kappa shape index (κ2) is 11.2. The van der Waals surface area contributed by atoms with Crippen LogP contribution in [0.3, 0.4) is 0 Å². The number of benzene rings is 7. The van der Waals surface area contributed by atoms with Crippen LogP contribution in [0.1, 0.15) is 0 Å². The zero-order chi connectivity index (χ0) is 35.3. The summed E-state index contributed by atoms with van der Waals surface area (Å²) in [6.45, 7) is -0.0445. The lowest BCUT2D eigenvalue weighted by Gasteiger charge is -2.46. The Balaban J connectivity index is 1.20. The molecule has 8 aromatic carbocycles. The number of hydrogen-bond donors (Lipinski definition) is 0. The lowest BCUT2D eigenvalue weighted by atomic mass is 9.30. The van der Waals surface area contributed by atoms with E-state index < -0.39 is 0 Å². The Morgan fingerprint density at radius 3 is 1.54 bits per heavy atom. The fraction of sp³-hybridized carbons (Fsp3) is 0. The zero-order valence-electron chi connectivity index (χ0n) is 29.1. The molecular weight excluding hydrogens is 656 g/mol. The first-order valence-electron chi connectivity index (χ1n) is 18.5. The summed E-state index contributed by atoms with van der Waals surface area (Å²) in [6.07, 6.45) is 0. The Hall–Kier alpha value is -7.09. The molecule has 4 nitrogen and oxygen atoms in total. The molecule has 0 radical (unpaired) electrons. The van der Waals surface area contributed by atoms with Gasteiger partial charge in [0, 0.05) is 57.0 Å². The van der Waals surface area contributed by atoms with Crippen LogP contribution in [-0.2, 0) is 0 Å². The van der Waals surface area contributed by atoms with Gasteiger partial charge in [-0.3, -0.25) is 0 Å². The molecule has 0 saturated heterocycles. The summed E-state index contributed by atoms with van der Waals surface area (Å²) in [5.74, 6) is 1.61. The number of ether oxygens (including phenoxy) is 1. The molecule has 0 spiro atoms. The molecule has 0 bridgehead atoms. The lowest BCUT2D eigenvalue weighted by molar-refractivity contribution is 0.488. The average molecular weight is 685 g/mol. The summed E-state index contributed by atoms with van der Waals surface area (Å²) in [5.41, 5.74) is 17.8. The largest absolute Gasteiger partial charge is 0.449 e. The van der Waals surface area contributed by atoms with E-state index in [1.807, 2.05) is 0 Å². The summed E-state index contributed by atoms with van der Waals surface area (Å²) >= 11 is 0. The molecule has 0 unspecified atom stereocenters. The first-order valence-corrected chi connectivity index (χ1v) is 18.5. The number of para-hydroxylation sites is 5. The zero-order valence-corrected chi connectivity index (χ0v) is 29.1. The van der Waals surface area contributed by atoms with Gasteiger partial charge in [0.25, 0.3) is 13.4 Å². The van der Waals surface area contributed by atoms with Crippen LogP contribution in [0.4, 0.5) is 51.2 Å². The first kappa shape index (κ1) is 29.5. The van der Waals surface area contributed by atoms with Crippen molar-refractivity contribution in [2.45, 2.75) is 0 Å². The maximum atomic E-state index is 6.60. The highest BCUT2D eigenvalue weighted by atomic mass is 16.5. The molecule has 0 saturated carbocycles. The molecule has 54 heavy (non-hydrogen) atoms. The van der Waals surface area contributed by atoms with Crippen molar-refractivity contribution in [1.82, 2.24) is 0 Å². The van der Waals surface area contributed by atoms with Crippen molar-refractivity contribution in [3.63, 3.8) is 0 Å². The minimum absolute atomic E-state index is 0.00409. The summed E-state index contributed by atoms with van der Waals surface area (Å²) < 4.78 is 6.60. The fourth-order valence-electron chi connectivity index (χ4n) is 9.43. The summed E-state index contributed by atoms with van der Waals surface area (Å²) in [6, 6.07) is 70.3. The Labute approximate surface area is 315 Å². The smallest absolute Gasteiger partial charge is 0.257 e. The topological polar surface area (TPSA) is 19.0 Å². The molecule has 0 fully saturated rings. The van der Waals surface area contributed by atoms with E-state index in [1.54, 1.807) is 0 Å². The predicted octanol–water partition coefficient (Wildman–Crippen LogP) is 7.77. The molecular formula is C48H29B2N3O. The molecule has 0 aliphatic carbocycles. The number of fused-ring (bicyclic) bond motifs is 8. The molecule has 4 heterocycles. The quantitative estimate of drug-likeness (QED) is 0.177. The van der Waals surface area contributed by atoms with Crippen LogP contribution in [0.15, 0.2) is 176 Å². The second-order valence-corrected chi connectivity index (χ2v) is 14.3. The maximum absolute atomic E-state index is 6.60. The lowest BCUT2D eigenvalue weighted by Crippen LogP contribution is -2.64. The molecule has 248 valence electrons. The SMILES string of the molecule is c1cc2c3c(c#1)Oc1ccccc1B3c1cc3c(cc1N2c1ccccc1)N(c1ccccc1)c1cccc2c1B3c1ccccc1N2c1ccccc1. The standard InChI is InChI=1S/C48H29B2N3O/c1-4-16-32(17-5-1)51-39-24-12-10-22-35(39)49-37-30-38-44(31-43(37)52(33-18-6-2-7-19-33)41-26-14-25-40(51)47(41)49)53(34-20-8-3-9-21-34)42-27-15-29-46-48(42)50(38)36-23-11-13-28-45(36)54-46/h1-14,16-28,30-31H. The third-order valence-corrected chi connectivity index (χ3v) is 11.5. The van der Waals surface area contributed by atoms with Crippen molar-refractivity contribution in [2.75, 3.05) is 14.7 Å². The van der Waals surface area contributed by atoms with Gasteiger partial charge in [0.05, 0.1) is 5.69 Å². The average Bonchev–Trinajstić information content (AvgIpc) is 3.24. The van der Waals surface area contributed by atoms with Crippen LogP contribution in [0, 0.1) is 12.1 Å². The van der Waals surface area contributed by atoms with Gasteiger partial charge < -0.3 is 19.4 Å². The highest BCUT2D eigenvalue weighted by Gasteiger charge is 2.47. The molecule has 0 amide bonds. The van der Waals surface area contributed by atoms with Gasteiger partial charge >= 0.3 is 0 Å². The van der Waals surface area contributed by atoms with Crippen LogP contribution in [0.5, 0.6) is 11.5 Å². The summed E-state index contributed by atoms with van der Waals surface area (Å²) in [4.78, 5) is 7.32. The number of nitrogens with zero attached hydrogens (tertiary/aromatic N) is 3. The number of hydrogen-bond acceptors (Lipinski definition) is 4. The van der Waals surface area contributed by atoms with E-state index in [-0.39, 0.29) is 13.4 Å². The summed E-state index contributed by atoms with van der Waals surface area (Å²) in [5, 5.41) is 0. The molecule has 0 aromatic heterocycles. The van der Waals surface area contributed by atoms with Gasteiger partial charge in [0.2, 0.25) is 0 Å². The van der Waals surface area contributed by atoms with Gasteiger partial charge in [-0.1, -0.05) is 109 Å². The maximum Gasteiger partial charge on any atom is 0.257 e. The van der Waals surface area contributed by atoms with Crippen LogP contribution in [0.25, 0.3) is 0 Å². The molecule has 0 atom stereocenters. The van der Waals surface area contributed by atoms with Gasteiger partial charge in [-0.15, -0.1) is 0 Å².